The van der Waals surface area contributed by atoms with Crippen molar-refractivity contribution in [1.82, 2.24) is 4.31 Å². The maximum absolute atomic E-state index is 13.0. The van der Waals surface area contributed by atoms with Crippen LogP contribution < -0.4 is 10.1 Å². The van der Waals surface area contributed by atoms with Gasteiger partial charge in [0.05, 0.1) is 7.11 Å². The van der Waals surface area contributed by atoms with E-state index in [9.17, 15) is 13.2 Å². The smallest absolute Gasteiger partial charge is 0.255 e. The number of carbonyl (C=O) groups is 1. The monoisotopic (exact) mass is 468 g/mol. The quantitative estimate of drug-likeness (QED) is 0.654. The molecular weight excluding hydrogens is 444 g/mol. The summed E-state index contributed by atoms with van der Waals surface area (Å²) in [6.07, 6.45) is 0. The molecule has 0 saturated carbocycles. The first-order valence-electron chi connectivity index (χ1n) is 8.91. The number of aryl methyl sites for hydroxylation is 2. The van der Waals surface area contributed by atoms with Gasteiger partial charge in [0.1, 0.15) is 10.6 Å². The Hall–Kier alpha value is -1.90. The van der Waals surface area contributed by atoms with E-state index in [-0.39, 0.29) is 22.1 Å². The second kappa shape index (κ2) is 9.07. The number of nitrogens with zero attached hydrogens (tertiary/aromatic N) is 1. The molecule has 0 saturated heterocycles. The summed E-state index contributed by atoms with van der Waals surface area (Å²) in [5.41, 5.74) is 2.76. The van der Waals surface area contributed by atoms with Crippen molar-refractivity contribution in [2.24, 2.45) is 0 Å². The Morgan fingerprint density at radius 2 is 1.68 bits per heavy atom. The Morgan fingerprint density at radius 3 is 2.18 bits per heavy atom. The molecule has 28 heavy (non-hydrogen) atoms. The molecule has 0 aliphatic rings. The second-order valence-electron chi connectivity index (χ2n) is 6.32. The molecule has 1 amide bonds. The van der Waals surface area contributed by atoms with E-state index in [2.05, 4.69) is 21.2 Å². The average Bonchev–Trinajstić information content (AvgIpc) is 2.64. The maximum Gasteiger partial charge on any atom is 0.255 e. The zero-order valence-corrected chi connectivity index (χ0v) is 19.1. The molecule has 2 aromatic rings. The highest BCUT2D eigenvalue weighted by Gasteiger charge is 2.27. The van der Waals surface area contributed by atoms with Gasteiger partial charge in [0.25, 0.3) is 5.91 Å². The van der Waals surface area contributed by atoms with E-state index in [0.29, 0.717) is 18.8 Å². The molecular formula is C20H25BrN2O4S. The number of hydrogen-bond donors (Lipinski definition) is 1. The van der Waals surface area contributed by atoms with Gasteiger partial charge in [-0.05, 0) is 55.3 Å². The van der Waals surface area contributed by atoms with Gasteiger partial charge in [-0.15, -0.1) is 0 Å². The van der Waals surface area contributed by atoms with E-state index in [4.69, 9.17) is 4.74 Å². The van der Waals surface area contributed by atoms with E-state index in [0.717, 1.165) is 15.6 Å². The van der Waals surface area contributed by atoms with Crippen LogP contribution in [-0.2, 0) is 10.0 Å². The maximum atomic E-state index is 13.0. The normalized spacial score (nSPS) is 11.5. The molecule has 0 aliphatic heterocycles. The average molecular weight is 469 g/mol. The Labute approximate surface area is 175 Å². The van der Waals surface area contributed by atoms with Gasteiger partial charge in [-0.2, -0.15) is 4.31 Å². The Balaban J connectivity index is 2.47. The lowest BCUT2D eigenvalue weighted by Gasteiger charge is -2.20. The van der Waals surface area contributed by atoms with Gasteiger partial charge in [-0.1, -0.05) is 29.8 Å². The van der Waals surface area contributed by atoms with E-state index in [1.54, 1.807) is 19.9 Å². The number of sulfonamides is 1. The van der Waals surface area contributed by atoms with E-state index < -0.39 is 10.0 Å². The number of carbonyl (C=O) groups excluding carboxylic acids is 1. The van der Waals surface area contributed by atoms with Gasteiger partial charge in [0.2, 0.25) is 10.0 Å². The molecule has 0 spiro atoms. The highest BCUT2D eigenvalue weighted by atomic mass is 79.9. The zero-order valence-electron chi connectivity index (χ0n) is 16.7. The van der Waals surface area contributed by atoms with Crippen LogP contribution in [0.15, 0.2) is 39.7 Å². The lowest BCUT2D eigenvalue weighted by Crippen LogP contribution is -2.31. The van der Waals surface area contributed by atoms with Crippen LogP contribution in [0.1, 0.15) is 35.3 Å². The number of ether oxygens (including phenoxy) is 1. The number of halogens is 1. The fourth-order valence-corrected chi connectivity index (χ4v) is 5.34. The van der Waals surface area contributed by atoms with Gasteiger partial charge < -0.3 is 10.1 Å². The lowest BCUT2D eigenvalue weighted by atomic mass is 10.1. The van der Waals surface area contributed by atoms with Crippen LogP contribution >= 0.6 is 15.9 Å². The predicted octanol–water partition coefficient (Wildman–Crippen LogP) is 4.36. The highest BCUT2D eigenvalue weighted by molar-refractivity contribution is 9.10. The number of anilines is 1. The Morgan fingerprint density at radius 1 is 1.11 bits per heavy atom. The summed E-state index contributed by atoms with van der Waals surface area (Å²) >= 11 is 3.43. The summed E-state index contributed by atoms with van der Waals surface area (Å²) in [5, 5.41) is 2.89. The molecule has 1 N–H and O–H groups in total. The van der Waals surface area contributed by atoms with E-state index >= 15 is 0 Å². The third-order valence-corrected chi connectivity index (χ3v) is 7.01. The third kappa shape index (κ3) is 4.56. The summed E-state index contributed by atoms with van der Waals surface area (Å²) < 4.78 is 33.4. The van der Waals surface area contributed by atoms with Gasteiger partial charge in [0, 0.05) is 28.8 Å². The minimum atomic E-state index is -3.77. The Kier molecular flexibility index (Phi) is 7.25. The van der Waals surface area contributed by atoms with Crippen molar-refractivity contribution in [3.63, 3.8) is 0 Å². The van der Waals surface area contributed by atoms with E-state index in [1.807, 2.05) is 26.0 Å². The van der Waals surface area contributed by atoms with Crippen molar-refractivity contribution >= 4 is 37.5 Å². The van der Waals surface area contributed by atoms with Crippen molar-refractivity contribution in [3.05, 3.63) is 51.5 Å². The summed E-state index contributed by atoms with van der Waals surface area (Å²) in [5.74, 6) is -0.174. The number of benzene rings is 2. The molecule has 6 nitrogen and oxygen atoms in total. The molecule has 0 fully saturated rings. The molecule has 0 aliphatic carbocycles. The lowest BCUT2D eigenvalue weighted by molar-refractivity contribution is 0.102. The van der Waals surface area contributed by atoms with Gasteiger partial charge in [-0.3, -0.25) is 4.79 Å². The largest absolute Gasteiger partial charge is 0.495 e. The molecule has 0 unspecified atom stereocenters. The minimum absolute atomic E-state index is 0.0180. The minimum Gasteiger partial charge on any atom is -0.495 e. The molecule has 0 aromatic heterocycles. The van der Waals surface area contributed by atoms with Crippen LogP contribution in [0.25, 0.3) is 0 Å². The summed E-state index contributed by atoms with van der Waals surface area (Å²) in [6, 6.07) is 8.25. The van der Waals surface area contributed by atoms with Gasteiger partial charge >= 0.3 is 0 Å². The third-order valence-electron chi connectivity index (χ3n) is 4.49. The van der Waals surface area contributed by atoms with Gasteiger partial charge in [-0.25, -0.2) is 8.42 Å². The summed E-state index contributed by atoms with van der Waals surface area (Å²) in [7, 11) is -2.37. The number of nitrogens with one attached hydrogen (secondary N) is 1. The van der Waals surface area contributed by atoms with Crippen molar-refractivity contribution in [3.8, 4) is 5.75 Å². The number of methoxy groups -OCH3 is 1. The SMILES string of the molecule is CCN(CC)S(=O)(=O)c1cc(C(=O)Nc2c(C)cc(Br)cc2C)ccc1OC. The molecule has 152 valence electrons. The second-order valence-corrected chi connectivity index (χ2v) is 9.15. The number of hydrogen-bond acceptors (Lipinski definition) is 4. The zero-order chi connectivity index (χ0) is 21.1. The topological polar surface area (TPSA) is 75.7 Å². The summed E-state index contributed by atoms with van der Waals surface area (Å²) in [4.78, 5) is 12.8. The predicted molar refractivity (Wildman–Crippen MR) is 115 cm³/mol. The first kappa shape index (κ1) is 22.4. The fraction of sp³-hybridized carbons (Fsp3) is 0.350. The van der Waals surface area contributed by atoms with Crippen LogP contribution in [0, 0.1) is 13.8 Å². The standard InChI is InChI=1S/C20H25BrN2O4S/c1-6-23(7-2)28(25,26)18-12-15(8-9-17(18)27-5)20(24)22-19-13(3)10-16(21)11-14(19)4/h8-12H,6-7H2,1-5H3,(H,22,24). The first-order chi connectivity index (χ1) is 13.1. The first-order valence-corrected chi connectivity index (χ1v) is 11.1. The molecule has 0 radical (unpaired) electrons. The molecule has 0 heterocycles. The molecule has 2 aromatic carbocycles. The molecule has 0 bridgehead atoms. The molecule has 2 rings (SSSR count). The van der Waals surface area contributed by atoms with Crippen LogP contribution in [0.5, 0.6) is 5.75 Å². The van der Waals surface area contributed by atoms with Crippen molar-refractivity contribution in [2.75, 3.05) is 25.5 Å². The molecule has 8 heteroatoms. The number of rotatable bonds is 7. The van der Waals surface area contributed by atoms with Crippen LogP contribution in [0.3, 0.4) is 0 Å². The fourth-order valence-electron chi connectivity index (χ4n) is 3.02. The van der Waals surface area contributed by atoms with Gasteiger partial charge in [0.15, 0.2) is 0 Å². The van der Waals surface area contributed by atoms with Crippen LogP contribution in [0.4, 0.5) is 5.69 Å². The van der Waals surface area contributed by atoms with Crippen molar-refractivity contribution in [1.29, 1.82) is 0 Å². The Bertz CT molecular complexity index is 963. The van der Waals surface area contributed by atoms with Crippen LogP contribution in [-0.4, -0.2) is 38.8 Å². The number of amides is 1. The van der Waals surface area contributed by atoms with Crippen LogP contribution in [0.2, 0.25) is 0 Å². The highest BCUT2D eigenvalue weighted by Crippen LogP contribution is 2.29. The van der Waals surface area contributed by atoms with E-state index in [1.165, 1.54) is 23.5 Å². The van der Waals surface area contributed by atoms with Crippen molar-refractivity contribution < 1.29 is 17.9 Å². The summed E-state index contributed by atoms with van der Waals surface area (Å²) in [6.45, 7) is 7.99. The molecule has 0 atom stereocenters. The van der Waals surface area contributed by atoms with Crippen molar-refractivity contribution in [2.45, 2.75) is 32.6 Å².